The number of carbonyl (C=O) groups excluding carboxylic acids is 1. The van der Waals surface area contributed by atoms with Crippen LogP contribution < -0.4 is 10.1 Å². The van der Waals surface area contributed by atoms with Gasteiger partial charge in [-0.15, -0.1) is 0 Å². The Labute approximate surface area is 204 Å². The fourth-order valence-electron chi connectivity index (χ4n) is 3.95. The molecule has 9 nitrogen and oxygen atoms in total. The van der Waals surface area contributed by atoms with Crippen molar-refractivity contribution in [2.45, 2.75) is 32.4 Å². The van der Waals surface area contributed by atoms with Crippen molar-refractivity contribution in [3.8, 4) is 17.0 Å². The van der Waals surface area contributed by atoms with E-state index in [1.54, 1.807) is 37.7 Å². The standard InChI is InChI=1S/C24H30ClN7O2/c1-15(2)32-13-17(11-27-32)22-19(25)12-26-24(29-22)28-20-7-6-16(10-21(20)34-5)23(33)31-9-8-18(14-31)30(3)4/h6-7,10-13,15,18H,8-9,14H2,1-5H3,(H,26,28,29). The molecule has 0 radical (unpaired) electrons. The fourth-order valence-corrected chi connectivity index (χ4v) is 4.15. The number of aromatic nitrogens is 4. The van der Waals surface area contributed by atoms with Crippen LogP contribution in [0, 0.1) is 0 Å². The predicted molar refractivity (Wildman–Crippen MR) is 133 cm³/mol. The van der Waals surface area contributed by atoms with Gasteiger partial charge in [-0.05, 0) is 52.6 Å². The number of halogens is 1. The highest BCUT2D eigenvalue weighted by Gasteiger charge is 2.28. The van der Waals surface area contributed by atoms with Gasteiger partial charge in [0.05, 0.1) is 35.9 Å². The monoisotopic (exact) mass is 483 g/mol. The molecule has 0 bridgehead atoms. The second kappa shape index (κ2) is 9.99. The summed E-state index contributed by atoms with van der Waals surface area (Å²) in [7, 11) is 5.66. The Balaban J connectivity index is 1.54. The molecular formula is C24H30ClN7O2. The summed E-state index contributed by atoms with van der Waals surface area (Å²) < 4.78 is 7.41. The Morgan fingerprint density at radius 2 is 2.09 bits per heavy atom. The minimum atomic E-state index is 0.00129. The number of ether oxygens (including phenoxy) is 1. The Bertz CT molecular complexity index is 1180. The van der Waals surface area contributed by atoms with Crippen molar-refractivity contribution in [3.05, 3.63) is 47.4 Å². The number of nitrogens with one attached hydrogen (secondary N) is 1. The second-order valence-electron chi connectivity index (χ2n) is 8.89. The Morgan fingerprint density at radius 1 is 1.29 bits per heavy atom. The van der Waals surface area contributed by atoms with Crippen LogP contribution in [-0.2, 0) is 0 Å². The Kier molecular flexibility index (Phi) is 7.04. The zero-order chi connectivity index (χ0) is 24.4. The summed E-state index contributed by atoms with van der Waals surface area (Å²) in [6.07, 6.45) is 6.17. The van der Waals surface area contributed by atoms with E-state index in [4.69, 9.17) is 16.3 Å². The molecule has 1 fully saturated rings. The van der Waals surface area contributed by atoms with Gasteiger partial charge in [-0.1, -0.05) is 11.6 Å². The first-order chi connectivity index (χ1) is 16.3. The lowest BCUT2D eigenvalue weighted by Gasteiger charge is -2.21. The highest BCUT2D eigenvalue weighted by atomic mass is 35.5. The maximum Gasteiger partial charge on any atom is 0.254 e. The van der Waals surface area contributed by atoms with E-state index < -0.39 is 0 Å². The van der Waals surface area contributed by atoms with E-state index in [0.29, 0.717) is 39.7 Å². The summed E-state index contributed by atoms with van der Waals surface area (Å²) in [6, 6.07) is 5.96. The molecule has 1 aliphatic heterocycles. The molecule has 1 unspecified atom stereocenters. The van der Waals surface area contributed by atoms with Gasteiger partial charge in [0.1, 0.15) is 5.75 Å². The zero-order valence-electron chi connectivity index (χ0n) is 20.1. The van der Waals surface area contributed by atoms with Crippen LogP contribution in [0.15, 0.2) is 36.8 Å². The molecule has 1 atom stereocenters. The quantitative estimate of drug-likeness (QED) is 0.541. The average molecular weight is 484 g/mol. The minimum absolute atomic E-state index is 0.00129. The maximum absolute atomic E-state index is 13.0. The highest BCUT2D eigenvalue weighted by molar-refractivity contribution is 6.32. The Hall–Kier alpha value is -3.17. The molecule has 3 aromatic rings. The van der Waals surface area contributed by atoms with Crippen molar-refractivity contribution in [2.24, 2.45) is 0 Å². The SMILES string of the molecule is COc1cc(C(=O)N2CCC(N(C)C)C2)ccc1Nc1ncc(Cl)c(-c2cnn(C(C)C)c2)n1. The van der Waals surface area contributed by atoms with Crippen molar-refractivity contribution in [3.63, 3.8) is 0 Å². The third kappa shape index (κ3) is 5.00. The molecule has 1 amide bonds. The van der Waals surface area contributed by atoms with Crippen molar-refractivity contribution in [1.82, 2.24) is 29.5 Å². The number of rotatable bonds is 7. The maximum atomic E-state index is 13.0. The van der Waals surface area contributed by atoms with E-state index in [-0.39, 0.29) is 11.9 Å². The molecule has 1 aliphatic rings. The number of amides is 1. The van der Waals surface area contributed by atoms with E-state index in [1.807, 2.05) is 29.9 Å². The number of likely N-dealkylation sites (tertiary alicyclic amines) is 1. The molecule has 1 N–H and O–H groups in total. The first-order valence-corrected chi connectivity index (χ1v) is 11.6. The van der Waals surface area contributed by atoms with E-state index >= 15 is 0 Å². The van der Waals surface area contributed by atoms with Crippen LogP contribution >= 0.6 is 11.6 Å². The lowest BCUT2D eigenvalue weighted by Crippen LogP contribution is -2.34. The predicted octanol–water partition coefficient (Wildman–Crippen LogP) is 4.10. The van der Waals surface area contributed by atoms with Gasteiger partial charge < -0.3 is 19.9 Å². The van der Waals surface area contributed by atoms with Gasteiger partial charge in [-0.25, -0.2) is 9.97 Å². The van der Waals surface area contributed by atoms with Crippen molar-refractivity contribution in [2.75, 3.05) is 39.6 Å². The summed E-state index contributed by atoms with van der Waals surface area (Å²) in [5.41, 5.74) is 2.62. The Morgan fingerprint density at radius 3 is 2.74 bits per heavy atom. The molecule has 0 saturated carbocycles. The number of nitrogens with zero attached hydrogens (tertiary/aromatic N) is 6. The van der Waals surface area contributed by atoms with E-state index in [0.717, 1.165) is 25.1 Å². The largest absolute Gasteiger partial charge is 0.495 e. The molecule has 4 rings (SSSR count). The molecule has 0 spiro atoms. The number of hydrogen-bond acceptors (Lipinski definition) is 7. The lowest BCUT2D eigenvalue weighted by atomic mass is 10.1. The molecule has 2 aromatic heterocycles. The molecule has 3 heterocycles. The number of hydrogen-bond donors (Lipinski definition) is 1. The van der Waals surface area contributed by atoms with Gasteiger partial charge in [-0.3, -0.25) is 9.48 Å². The van der Waals surface area contributed by atoms with Crippen LogP contribution in [0.25, 0.3) is 11.3 Å². The number of methoxy groups -OCH3 is 1. The smallest absolute Gasteiger partial charge is 0.254 e. The van der Waals surface area contributed by atoms with Crippen LogP contribution in [0.4, 0.5) is 11.6 Å². The third-order valence-corrected chi connectivity index (χ3v) is 6.30. The van der Waals surface area contributed by atoms with E-state index in [9.17, 15) is 4.79 Å². The van der Waals surface area contributed by atoms with Gasteiger partial charge >= 0.3 is 0 Å². The number of benzene rings is 1. The summed E-state index contributed by atoms with van der Waals surface area (Å²) >= 11 is 6.37. The highest BCUT2D eigenvalue weighted by Crippen LogP contribution is 2.31. The third-order valence-electron chi connectivity index (χ3n) is 6.02. The van der Waals surface area contributed by atoms with Gasteiger partial charge in [-0.2, -0.15) is 5.10 Å². The molecule has 10 heteroatoms. The molecule has 34 heavy (non-hydrogen) atoms. The number of carbonyl (C=O) groups is 1. The topological polar surface area (TPSA) is 88.4 Å². The van der Waals surface area contributed by atoms with E-state index in [1.165, 1.54) is 0 Å². The molecule has 1 aromatic carbocycles. The normalized spacial score (nSPS) is 15.9. The second-order valence-corrected chi connectivity index (χ2v) is 9.30. The van der Waals surface area contributed by atoms with Crippen molar-refractivity contribution in [1.29, 1.82) is 0 Å². The van der Waals surface area contributed by atoms with Gasteiger partial charge in [0.2, 0.25) is 5.95 Å². The fraction of sp³-hybridized carbons (Fsp3) is 0.417. The van der Waals surface area contributed by atoms with Crippen molar-refractivity contribution < 1.29 is 9.53 Å². The van der Waals surface area contributed by atoms with Crippen molar-refractivity contribution >= 4 is 29.1 Å². The average Bonchev–Trinajstić information content (AvgIpc) is 3.50. The first-order valence-electron chi connectivity index (χ1n) is 11.2. The summed E-state index contributed by atoms with van der Waals surface area (Å²) in [5.74, 6) is 0.894. The summed E-state index contributed by atoms with van der Waals surface area (Å²) in [6.45, 7) is 5.58. The van der Waals surface area contributed by atoms with E-state index in [2.05, 4.69) is 39.1 Å². The number of anilines is 2. The van der Waals surface area contributed by atoms with Crippen LogP contribution in [0.1, 0.15) is 36.7 Å². The lowest BCUT2D eigenvalue weighted by molar-refractivity contribution is 0.0782. The van der Waals surface area contributed by atoms with Gasteiger partial charge in [0, 0.05) is 42.5 Å². The van der Waals surface area contributed by atoms with Crippen LogP contribution in [-0.4, -0.2) is 75.8 Å². The van der Waals surface area contributed by atoms with Crippen LogP contribution in [0.5, 0.6) is 5.75 Å². The molecule has 180 valence electrons. The summed E-state index contributed by atoms with van der Waals surface area (Å²) in [4.78, 5) is 26.0. The first kappa shape index (κ1) is 24.0. The van der Waals surface area contributed by atoms with Gasteiger partial charge in [0.15, 0.2) is 0 Å². The number of likely N-dealkylation sites (N-methyl/N-ethyl adjacent to an activating group) is 1. The van der Waals surface area contributed by atoms with Crippen LogP contribution in [0.3, 0.4) is 0 Å². The minimum Gasteiger partial charge on any atom is -0.495 e. The van der Waals surface area contributed by atoms with Gasteiger partial charge in [0.25, 0.3) is 5.91 Å². The molecular weight excluding hydrogens is 454 g/mol. The van der Waals surface area contributed by atoms with Crippen LogP contribution in [0.2, 0.25) is 5.02 Å². The molecule has 0 aliphatic carbocycles. The molecule has 1 saturated heterocycles. The summed E-state index contributed by atoms with van der Waals surface area (Å²) in [5, 5.41) is 7.98. The zero-order valence-corrected chi connectivity index (χ0v) is 20.9.